The molecule has 1 aromatic carbocycles. The lowest BCUT2D eigenvalue weighted by molar-refractivity contribution is -0.119. The number of nitrogens with two attached hydrogens (primary N) is 1. The number of nitrogens with zero attached hydrogens (tertiary/aromatic N) is 1. The summed E-state index contributed by atoms with van der Waals surface area (Å²) < 4.78 is 0. The Kier molecular flexibility index (Phi) is 5.85. The fourth-order valence-corrected chi connectivity index (χ4v) is 2.95. The van der Waals surface area contributed by atoms with Crippen LogP contribution < -0.4 is 10.6 Å². The second kappa shape index (κ2) is 7.66. The number of carbonyl (C=O) groups excluding carboxylic acids is 2. The van der Waals surface area contributed by atoms with Gasteiger partial charge in [-0.15, -0.1) is 0 Å². The van der Waals surface area contributed by atoms with Crippen LogP contribution in [0.25, 0.3) is 6.08 Å². The molecule has 2 amide bonds. The highest BCUT2D eigenvalue weighted by atomic mass is 35.5. The minimum absolute atomic E-state index is 0.0684. The lowest BCUT2D eigenvalue weighted by Gasteiger charge is -2.22. The van der Waals surface area contributed by atoms with Crippen molar-refractivity contribution < 1.29 is 9.59 Å². The Hall–Kier alpha value is -1.78. The molecule has 4 nitrogen and oxygen atoms in total. The number of benzene rings is 1. The molecular formula is C17H18Cl2N2O2. The number of amides is 2. The highest BCUT2D eigenvalue weighted by Gasteiger charge is 2.23. The van der Waals surface area contributed by atoms with E-state index in [9.17, 15) is 9.59 Å². The number of hydrogen-bond donors (Lipinski definition) is 1. The van der Waals surface area contributed by atoms with Crippen LogP contribution in [-0.2, 0) is 9.59 Å². The molecule has 1 aromatic rings. The first-order valence-electron chi connectivity index (χ1n) is 7.33. The van der Waals surface area contributed by atoms with Gasteiger partial charge in [0.25, 0.3) is 5.91 Å². The van der Waals surface area contributed by atoms with Gasteiger partial charge in [-0.25, -0.2) is 4.90 Å². The number of imide groups is 1. The maximum atomic E-state index is 12.7. The molecule has 23 heavy (non-hydrogen) atoms. The first kappa shape index (κ1) is 17.6. The molecule has 0 heterocycles. The third-order valence-electron chi connectivity index (χ3n) is 3.88. The van der Waals surface area contributed by atoms with Crippen LogP contribution in [0.4, 0.5) is 5.69 Å². The largest absolute Gasteiger partial charge is 0.389 e. The number of halogens is 2. The van der Waals surface area contributed by atoms with Gasteiger partial charge in [-0.1, -0.05) is 28.8 Å². The number of carbonyl (C=O) groups is 2. The molecule has 0 spiro atoms. The highest BCUT2D eigenvalue weighted by molar-refractivity contribution is 6.34. The average molecular weight is 353 g/mol. The number of anilines is 1. The fraction of sp³-hybridized carbons (Fsp3) is 0.294. The van der Waals surface area contributed by atoms with Gasteiger partial charge < -0.3 is 5.73 Å². The molecular weight excluding hydrogens is 335 g/mol. The highest BCUT2D eigenvalue weighted by Crippen LogP contribution is 2.29. The molecule has 0 aliphatic heterocycles. The molecule has 1 aliphatic rings. The molecule has 0 atom stereocenters. The topological polar surface area (TPSA) is 63.4 Å². The van der Waals surface area contributed by atoms with Gasteiger partial charge in [0.1, 0.15) is 0 Å². The molecule has 0 unspecified atom stereocenters. The van der Waals surface area contributed by atoms with E-state index in [1.807, 2.05) is 6.92 Å². The molecule has 0 fully saturated rings. The summed E-state index contributed by atoms with van der Waals surface area (Å²) in [4.78, 5) is 25.3. The summed E-state index contributed by atoms with van der Waals surface area (Å²) in [5.41, 5.74) is 8.20. The molecule has 0 saturated heterocycles. The maximum absolute atomic E-state index is 12.7. The van der Waals surface area contributed by atoms with Crippen molar-refractivity contribution in [3.63, 3.8) is 0 Å². The van der Waals surface area contributed by atoms with Crippen molar-refractivity contribution in [3.8, 4) is 0 Å². The van der Waals surface area contributed by atoms with E-state index < -0.39 is 0 Å². The van der Waals surface area contributed by atoms with E-state index in [1.54, 1.807) is 18.2 Å². The third-order valence-corrected chi connectivity index (χ3v) is 4.33. The second-order valence-corrected chi connectivity index (χ2v) is 6.33. The Morgan fingerprint density at radius 2 is 2.00 bits per heavy atom. The van der Waals surface area contributed by atoms with E-state index in [1.165, 1.54) is 6.08 Å². The first-order valence-corrected chi connectivity index (χ1v) is 8.09. The Balaban J connectivity index is 2.40. The van der Waals surface area contributed by atoms with E-state index in [0.717, 1.165) is 29.7 Å². The molecule has 2 rings (SSSR count). The van der Waals surface area contributed by atoms with Crippen molar-refractivity contribution in [2.75, 3.05) is 4.90 Å². The Morgan fingerprint density at radius 1 is 1.30 bits per heavy atom. The van der Waals surface area contributed by atoms with E-state index >= 15 is 0 Å². The maximum Gasteiger partial charge on any atom is 0.260 e. The summed E-state index contributed by atoms with van der Waals surface area (Å²) >= 11 is 11.8. The molecule has 0 radical (unpaired) electrons. The first-order chi connectivity index (χ1) is 10.9. The summed E-state index contributed by atoms with van der Waals surface area (Å²) in [5, 5.41) is 0.502. The standard InChI is InChI=1S/C17H18Cl2N2O2/c1-11-4-2-3-5-14(11)17(23)21(10-22)13-6-7-15(18)12(8-13)9-16(19)20/h6-10H,2-5,20H2,1H3/b16-9+. The number of hydrogen-bond acceptors (Lipinski definition) is 3. The zero-order valence-corrected chi connectivity index (χ0v) is 14.3. The van der Waals surface area contributed by atoms with Gasteiger partial charge in [0.15, 0.2) is 0 Å². The van der Waals surface area contributed by atoms with Gasteiger partial charge >= 0.3 is 0 Å². The summed E-state index contributed by atoms with van der Waals surface area (Å²) in [6, 6.07) is 4.84. The molecule has 0 bridgehead atoms. The quantitative estimate of drug-likeness (QED) is 0.651. The normalized spacial score (nSPS) is 15.5. The van der Waals surface area contributed by atoms with Gasteiger partial charge in [0.2, 0.25) is 6.41 Å². The summed E-state index contributed by atoms with van der Waals surface area (Å²) in [6.07, 6.45) is 5.64. The molecule has 0 aromatic heterocycles. The molecule has 1 aliphatic carbocycles. The Labute approximate surface area is 145 Å². The smallest absolute Gasteiger partial charge is 0.260 e. The summed E-state index contributed by atoms with van der Waals surface area (Å²) in [7, 11) is 0. The lowest BCUT2D eigenvalue weighted by Crippen LogP contribution is -2.32. The molecule has 6 heteroatoms. The van der Waals surface area contributed by atoms with E-state index in [2.05, 4.69) is 0 Å². The Morgan fingerprint density at radius 3 is 2.61 bits per heavy atom. The van der Waals surface area contributed by atoms with Crippen LogP contribution in [0.2, 0.25) is 5.02 Å². The average Bonchev–Trinajstić information content (AvgIpc) is 2.51. The second-order valence-electron chi connectivity index (χ2n) is 5.48. The fourth-order valence-electron chi connectivity index (χ4n) is 2.66. The lowest BCUT2D eigenvalue weighted by atomic mass is 9.92. The zero-order chi connectivity index (χ0) is 17.0. The molecule has 2 N–H and O–H groups in total. The van der Waals surface area contributed by atoms with Crippen molar-refractivity contribution >= 4 is 47.3 Å². The minimum Gasteiger partial charge on any atom is -0.389 e. The van der Waals surface area contributed by atoms with Crippen LogP contribution in [0, 0.1) is 0 Å². The minimum atomic E-state index is -0.284. The van der Waals surface area contributed by atoms with Crippen molar-refractivity contribution in [1.82, 2.24) is 0 Å². The monoisotopic (exact) mass is 352 g/mol. The van der Waals surface area contributed by atoms with Crippen LogP contribution >= 0.6 is 23.2 Å². The molecule has 0 saturated carbocycles. The summed E-state index contributed by atoms with van der Waals surface area (Å²) in [6.45, 7) is 1.94. The van der Waals surface area contributed by atoms with Crippen LogP contribution in [0.5, 0.6) is 0 Å². The number of rotatable bonds is 4. The SMILES string of the molecule is CC1=C(C(=O)N(C=O)c2ccc(Cl)c(/C=C(/N)Cl)c2)CCCC1. The van der Waals surface area contributed by atoms with Crippen LogP contribution in [0.15, 0.2) is 34.5 Å². The number of allylic oxidation sites excluding steroid dienone is 1. The van der Waals surface area contributed by atoms with Gasteiger partial charge in [-0.3, -0.25) is 9.59 Å². The van der Waals surface area contributed by atoms with Gasteiger partial charge in [0, 0.05) is 10.6 Å². The van der Waals surface area contributed by atoms with Crippen LogP contribution in [0.3, 0.4) is 0 Å². The predicted octanol–water partition coefficient (Wildman–Crippen LogP) is 4.22. The van der Waals surface area contributed by atoms with Crippen LogP contribution in [0.1, 0.15) is 38.2 Å². The predicted molar refractivity (Wildman–Crippen MR) is 94.2 cm³/mol. The van der Waals surface area contributed by atoms with Gasteiger partial charge in [-0.2, -0.15) is 0 Å². The molecule has 122 valence electrons. The van der Waals surface area contributed by atoms with Crippen LogP contribution in [-0.4, -0.2) is 12.3 Å². The van der Waals surface area contributed by atoms with Crippen molar-refractivity contribution in [2.45, 2.75) is 32.6 Å². The van der Waals surface area contributed by atoms with Crippen molar-refractivity contribution in [3.05, 3.63) is 45.1 Å². The Bertz CT molecular complexity index is 692. The van der Waals surface area contributed by atoms with E-state index in [4.69, 9.17) is 28.9 Å². The summed E-state index contributed by atoms with van der Waals surface area (Å²) in [5.74, 6) is -0.284. The zero-order valence-electron chi connectivity index (χ0n) is 12.8. The van der Waals surface area contributed by atoms with E-state index in [0.29, 0.717) is 34.7 Å². The van der Waals surface area contributed by atoms with E-state index in [-0.39, 0.29) is 11.1 Å². The van der Waals surface area contributed by atoms with Gasteiger partial charge in [-0.05, 0) is 62.4 Å². The third kappa shape index (κ3) is 4.15. The van der Waals surface area contributed by atoms with Crippen molar-refractivity contribution in [1.29, 1.82) is 0 Å². The van der Waals surface area contributed by atoms with Crippen molar-refractivity contribution in [2.24, 2.45) is 5.73 Å². The van der Waals surface area contributed by atoms with Gasteiger partial charge in [0.05, 0.1) is 10.8 Å².